The highest BCUT2D eigenvalue weighted by Gasteiger charge is 2.26. The number of methoxy groups -OCH3 is 2. The van der Waals surface area contributed by atoms with Crippen molar-refractivity contribution in [2.75, 3.05) is 45.3 Å². The number of hydrogen-bond acceptors (Lipinski definition) is 6. The summed E-state index contributed by atoms with van der Waals surface area (Å²) in [5.41, 5.74) is 3.69. The average Bonchev–Trinajstić information content (AvgIpc) is 2.85. The quantitative estimate of drug-likeness (QED) is 0.506. The molecule has 0 atom stereocenters. The lowest BCUT2D eigenvalue weighted by atomic mass is 10.0. The molecule has 2 heterocycles. The van der Waals surface area contributed by atoms with Crippen LogP contribution in [-0.4, -0.2) is 61.2 Å². The molecule has 0 radical (unpaired) electrons. The number of anilines is 1. The van der Waals surface area contributed by atoms with E-state index in [4.69, 9.17) is 26.1 Å². The highest BCUT2D eigenvalue weighted by atomic mass is 35.5. The zero-order chi connectivity index (χ0) is 24.1. The molecule has 1 aromatic heterocycles. The fraction of sp³-hybridized carbons (Fsp3) is 0.346. The number of benzene rings is 2. The van der Waals surface area contributed by atoms with Crippen molar-refractivity contribution >= 4 is 23.3 Å². The first kappa shape index (κ1) is 24.0. The lowest BCUT2D eigenvalue weighted by Crippen LogP contribution is -2.49. The number of ether oxygens (including phenoxy) is 2. The Morgan fingerprint density at radius 2 is 1.76 bits per heavy atom. The molecule has 7 nitrogen and oxygen atoms in total. The molecule has 1 aliphatic heterocycles. The number of piperazine rings is 1. The van der Waals surface area contributed by atoms with Gasteiger partial charge in [0.05, 0.1) is 19.4 Å². The highest BCUT2D eigenvalue weighted by molar-refractivity contribution is 6.30. The van der Waals surface area contributed by atoms with E-state index in [-0.39, 0.29) is 5.91 Å². The Morgan fingerprint density at radius 1 is 1.03 bits per heavy atom. The molecule has 8 heteroatoms. The molecule has 0 N–H and O–H groups in total. The zero-order valence-electron chi connectivity index (χ0n) is 19.8. The molecule has 1 saturated heterocycles. The van der Waals surface area contributed by atoms with Crippen molar-refractivity contribution in [3.63, 3.8) is 0 Å². The minimum Gasteiger partial charge on any atom is -0.497 e. The number of carbonyl (C=O) groups excluding carboxylic acids is 1. The largest absolute Gasteiger partial charge is 0.497 e. The van der Waals surface area contributed by atoms with Crippen molar-refractivity contribution < 1.29 is 14.3 Å². The van der Waals surface area contributed by atoms with Gasteiger partial charge in [-0.3, -0.25) is 4.79 Å². The fourth-order valence-corrected chi connectivity index (χ4v) is 4.40. The Labute approximate surface area is 205 Å². The summed E-state index contributed by atoms with van der Waals surface area (Å²) < 4.78 is 10.7. The Hall–Kier alpha value is -3.16. The third-order valence-corrected chi connectivity index (χ3v) is 6.18. The molecule has 1 aliphatic rings. The molecule has 34 heavy (non-hydrogen) atoms. The topological polar surface area (TPSA) is 67.8 Å². The third-order valence-electron chi connectivity index (χ3n) is 5.94. The number of nitrogens with zero attached hydrogens (tertiary/aromatic N) is 4. The molecule has 1 fully saturated rings. The number of halogens is 1. The summed E-state index contributed by atoms with van der Waals surface area (Å²) in [6.45, 7) is 4.90. The van der Waals surface area contributed by atoms with Crippen LogP contribution in [0, 0.1) is 6.92 Å². The van der Waals surface area contributed by atoms with Crippen LogP contribution in [0.25, 0.3) is 0 Å². The minimum atomic E-state index is -0.000420. The van der Waals surface area contributed by atoms with Crippen molar-refractivity contribution in [3.8, 4) is 5.75 Å². The predicted molar refractivity (Wildman–Crippen MR) is 133 cm³/mol. The van der Waals surface area contributed by atoms with Crippen LogP contribution in [0.3, 0.4) is 0 Å². The summed E-state index contributed by atoms with van der Waals surface area (Å²) in [6.07, 6.45) is 0.681. The third kappa shape index (κ3) is 5.48. The van der Waals surface area contributed by atoms with Crippen LogP contribution >= 0.6 is 11.6 Å². The maximum absolute atomic E-state index is 12.9. The van der Waals surface area contributed by atoms with E-state index in [0.717, 1.165) is 28.4 Å². The smallest absolute Gasteiger partial charge is 0.254 e. The van der Waals surface area contributed by atoms with Crippen molar-refractivity contribution in [1.29, 1.82) is 0 Å². The van der Waals surface area contributed by atoms with Crippen LogP contribution in [0.15, 0.2) is 48.5 Å². The minimum absolute atomic E-state index is 0.000420. The monoisotopic (exact) mass is 480 g/mol. The van der Waals surface area contributed by atoms with E-state index in [1.165, 1.54) is 0 Å². The van der Waals surface area contributed by atoms with Crippen LogP contribution in [0.5, 0.6) is 5.75 Å². The molecule has 0 spiro atoms. The molecule has 3 aromatic rings. The zero-order valence-corrected chi connectivity index (χ0v) is 20.5. The van der Waals surface area contributed by atoms with Crippen molar-refractivity contribution in [3.05, 3.63) is 81.8 Å². The van der Waals surface area contributed by atoms with E-state index in [2.05, 4.69) is 22.0 Å². The molecule has 0 aliphatic carbocycles. The van der Waals surface area contributed by atoms with Crippen LogP contribution < -0.4 is 9.64 Å². The molecule has 2 aromatic carbocycles. The number of amides is 1. The highest BCUT2D eigenvalue weighted by Crippen LogP contribution is 2.27. The van der Waals surface area contributed by atoms with Crippen LogP contribution in [0.4, 0.5) is 5.82 Å². The number of rotatable bonds is 7. The SMILES string of the molecule is COCc1nc(C)nc(N2CCN(C(=O)c3cccc(Cl)c3)CC2)c1Cc1ccc(OC)cc1. The van der Waals surface area contributed by atoms with Gasteiger partial charge in [0.25, 0.3) is 5.91 Å². The number of aromatic nitrogens is 2. The Morgan fingerprint density at radius 3 is 2.41 bits per heavy atom. The summed E-state index contributed by atoms with van der Waals surface area (Å²) in [5.74, 6) is 2.43. The van der Waals surface area contributed by atoms with Crippen molar-refractivity contribution in [2.45, 2.75) is 20.0 Å². The molecule has 0 bridgehead atoms. The van der Waals surface area contributed by atoms with E-state index >= 15 is 0 Å². The first-order valence-electron chi connectivity index (χ1n) is 11.3. The molecule has 4 rings (SSSR count). The maximum atomic E-state index is 12.9. The van der Waals surface area contributed by atoms with E-state index in [1.54, 1.807) is 38.5 Å². The number of aryl methyl sites for hydroxylation is 1. The first-order valence-corrected chi connectivity index (χ1v) is 11.6. The van der Waals surface area contributed by atoms with Crippen LogP contribution in [0.2, 0.25) is 5.02 Å². The molecule has 1 amide bonds. The van der Waals surface area contributed by atoms with Gasteiger partial charge in [-0.15, -0.1) is 0 Å². The summed E-state index contributed by atoms with van der Waals surface area (Å²) >= 11 is 6.08. The summed E-state index contributed by atoms with van der Waals surface area (Å²) in [4.78, 5) is 26.6. The second kappa shape index (κ2) is 10.8. The van der Waals surface area contributed by atoms with E-state index in [9.17, 15) is 4.79 Å². The van der Waals surface area contributed by atoms with Gasteiger partial charge >= 0.3 is 0 Å². The van der Waals surface area contributed by atoms with Crippen LogP contribution in [0.1, 0.15) is 33.0 Å². The second-order valence-corrected chi connectivity index (χ2v) is 8.70. The predicted octanol–water partition coefficient (Wildman–Crippen LogP) is 4.15. The van der Waals surface area contributed by atoms with Gasteiger partial charge in [-0.25, -0.2) is 9.97 Å². The van der Waals surface area contributed by atoms with Gasteiger partial charge in [-0.05, 0) is 42.8 Å². The summed E-state index contributed by atoms with van der Waals surface area (Å²) in [5, 5.41) is 0.565. The van der Waals surface area contributed by atoms with Crippen LogP contribution in [-0.2, 0) is 17.8 Å². The Kier molecular flexibility index (Phi) is 7.65. The van der Waals surface area contributed by atoms with Gasteiger partial charge in [-0.1, -0.05) is 29.8 Å². The fourth-order valence-electron chi connectivity index (χ4n) is 4.21. The Balaban J connectivity index is 1.56. The summed E-state index contributed by atoms with van der Waals surface area (Å²) in [6, 6.07) is 15.1. The van der Waals surface area contributed by atoms with Crippen molar-refractivity contribution in [2.24, 2.45) is 0 Å². The lowest BCUT2D eigenvalue weighted by Gasteiger charge is -2.36. The van der Waals surface area contributed by atoms with Gasteiger partial charge in [-0.2, -0.15) is 0 Å². The lowest BCUT2D eigenvalue weighted by molar-refractivity contribution is 0.0746. The molecular formula is C26H29ClN4O3. The van der Waals surface area contributed by atoms with Gasteiger partial charge < -0.3 is 19.3 Å². The standard InChI is InChI=1S/C26H29ClN4O3/c1-18-28-24(17-33-2)23(15-19-7-9-22(34-3)10-8-19)25(29-18)30-11-13-31(14-12-30)26(32)20-5-4-6-21(27)16-20/h4-10,16H,11-15,17H2,1-3H3. The molecule has 178 valence electrons. The summed E-state index contributed by atoms with van der Waals surface area (Å²) in [7, 11) is 3.34. The van der Waals surface area contributed by atoms with E-state index in [1.807, 2.05) is 24.0 Å². The van der Waals surface area contributed by atoms with E-state index in [0.29, 0.717) is 55.6 Å². The Bertz CT molecular complexity index is 1150. The molecule has 0 unspecified atom stereocenters. The molecule has 0 saturated carbocycles. The van der Waals surface area contributed by atoms with Crippen molar-refractivity contribution in [1.82, 2.24) is 14.9 Å². The molecular weight excluding hydrogens is 452 g/mol. The second-order valence-electron chi connectivity index (χ2n) is 8.27. The number of carbonyl (C=O) groups is 1. The number of hydrogen-bond donors (Lipinski definition) is 0. The van der Waals surface area contributed by atoms with Gasteiger partial charge in [0, 0.05) is 55.9 Å². The van der Waals surface area contributed by atoms with Gasteiger partial charge in [0.2, 0.25) is 0 Å². The van der Waals surface area contributed by atoms with Gasteiger partial charge in [0.1, 0.15) is 17.4 Å². The normalized spacial score (nSPS) is 13.8. The average molecular weight is 481 g/mol. The van der Waals surface area contributed by atoms with E-state index < -0.39 is 0 Å². The first-order chi connectivity index (χ1) is 16.5. The van der Waals surface area contributed by atoms with Gasteiger partial charge in [0.15, 0.2) is 0 Å². The maximum Gasteiger partial charge on any atom is 0.254 e.